The summed E-state index contributed by atoms with van der Waals surface area (Å²) in [5.41, 5.74) is 5.94. The lowest BCUT2D eigenvalue weighted by atomic mass is 10.0. The quantitative estimate of drug-likeness (QED) is 0.212. The lowest BCUT2D eigenvalue weighted by molar-refractivity contribution is 0.0956. The van der Waals surface area contributed by atoms with Crippen molar-refractivity contribution in [3.8, 4) is 29.4 Å². The third-order valence-corrected chi connectivity index (χ3v) is 5.29. The van der Waals surface area contributed by atoms with E-state index in [4.69, 9.17) is 39.3 Å². The summed E-state index contributed by atoms with van der Waals surface area (Å²) in [6.07, 6.45) is 6.65. The fourth-order valence-electron chi connectivity index (χ4n) is 3.25. The number of carbonyl (C=O) groups excluding carboxylic acids is 1. The largest absolute Gasteiger partial charge is 0.478 e. The Balaban J connectivity index is 1.60. The van der Waals surface area contributed by atoms with Gasteiger partial charge in [-0.2, -0.15) is 5.10 Å². The van der Waals surface area contributed by atoms with Crippen LogP contribution < -0.4 is 10.2 Å². The number of carbonyl (C=O) groups is 1. The maximum atomic E-state index is 13.0. The van der Waals surface area contributed by atoms with E-state index in [0.29, 0.717) is 28.1 Å². The van der Waals surface area contributed by atoms with Crippen LogP contribution in [0.4, 0.5) is 0 Å². The van der Waals surface area contributed by atoms with Gasteiger partial charge in [0.1, 0.15) is 6.61 Å². The van der Waals surface area contributed by atoms with E-state index >= 15 is 0 Å². The third-order valence-electron chi connectivity index (χ3n) is 4.73. The van der Waals surface area contributed by atoms with Crippen LogP contribution in [0.1, 0.15) is 15.9 Å². The number of nitrogens with one attached hydrogen (secondary N) is 1. The number of ether oxygens (including phenoxy) is 1. The standard InChI is InChI=1S/C26H17Cl2N3O2/c1-2-12-33-25-21(27)13-17(14-22(25)28)16-29-31-26(32)20-15-24(18-8-4-3-5-9-18)30-23-11-7-6-10-19(20)23/h1,3-11,13-16H,12H2,(H,31,32)/b29-16+. The van der Waals surface area contributed by atoms with E-state index < -0.39 is 0 Å². The van der Waals surface area contributed by atoms with Crippen molar-refractivity contribution < 1.29 is 9.53 Å². The number of hydrogen-bond acceptors (Lipinski definition) is 4. The third kappa shape index (κ3) is 5.15. The zero-order valence-electron chi connectivity index (χ0n) is 17.3. The molecule has 162 valence electrons. The van der Waals surface area contributed by atoms with E-state index in [1.165, 1.54) is 6.21 Å². The van der Waals surface area contributed by atoms with Gasteiger partial charge >= 0.3 is 0 Å². The number of terminal acetylenes is 1. The Morgan fingerprint density at radius 3 is 2.48 bits per heavy atom. The fourth-order valence-corrected chi connectivity index (χ4v) is 3.86. The summed E-state index contributed by atoms with van der Waals surface area (Å²) in [6.45, 7) is 0.0494. The second-order valence-corrected chi connectivity index (χ2v) is 7.76. The summed E-state index contributed by atoms with van der Waals surface area (Å²) >= 11 is 12.4. The first kappa shape index (κ1) is 22.3. The van der Waals surface area contributed by atoms with Crippen LogP contribution in [0.15, 0.2) is 77.9 Å². The second-order valence-electron chi connectivity index (χ2n) is 6.94. The van der Waals surface area contributed by atoms with E-state index in [9.17, 15) is 4.79 Å². The van der Waals surface area contributed by atoms with Gasteiger partial charge in [-0.05, 0) is 29.8 Å². The summed E-state index contributed by atoms with van der Waals surface area (Å²) in [6, 6.07) is 22.1. The van der Waals surface area contributed by atoms with Gasteiger partial charge in [-0.15, -0.1) is 6.42 Å². The Kier molecular flexibility index (Phi) is 6.89. The van der Waals surface area contributed by atoms with Gasteiger partial charge in [0.05, 0.1) is 33.0 Å². The van der Waals surface area contributed by atoms with Crippen molar-refractivity contribution in [2.75, 3.05) is 6.61 Å². The molecule has 0 saturated heterocycles. The molecule has 0 aliphatic rings. The van der Waals surface area contributed by atoms with Gasteiger partial charge in [0.2, 0.25) is 0 Å². The molecule has 3 aromatic carbocycles. The topological polar surface area (TPSA) is 63.6 Å². The minimum Gasteiger partial charge on any atom is -0.478 e. The smallest absolute Gasteiger partial charge is 0.272 e. The Labute approximate surface area is 201 Å². The molecule has 7 heteroatoms. The Bertz CT molecular complexity index is 1370. The highest BCUT2D eigenvalue weighted by Crippen LogP contribution is 2.33. The zero-order valence-corrected chi connectivity index (χ0v) is 18.8. The van der Waals surface area contributed by atoms with Gasteiger partial charge in [-0.3, -0.25) is 4.79 Å². The SMILES string of the molecule is C#CCOc1c(Cl)cc(/C=N/NC(=O)c2cc(-c3ccccc3)nc3ccccc23)cc1Cl. The lowest BCUT2D eigenvalue weighted by Gasteiger charge is -2.09. The van der Waals surface area contributed by atoms with Gasteiger partial charge in [0.25, 0.3) is 5.91 Å². The van der Waals surface area contributed by atoms with E-state index in [-0.39, 0.29) is 22.6 Å². The summed E-state index contributed by atoms with van der Waals surface area (Å²) in [4.78, 5) is 17.7. The zero-order chi connectivity index (χ0) is 23.2. The number of rotatable bonds is 6. The highest BCUT2D eigenvalue weighted by molar-refractivity contribution is 6.37. The van der Waals surface area contributed by atoms with Crippen LogP contribution in [-0.2, 0) is 0 Å². The first-order chi connectivity index (χ1) is 16.1. The molecule has 4 aromatic rings. The van der Waals surface area contributed by atoms with E-state index in [1.807, 2.05) is 54.6 Å². The number of nitrogens with zero attached hydrogens (tertiary/aromatic N) is 2. The monoisotopic (exact) mass is 473 g/mol. The summed E-state index contributed by atoms with van der Waals surface area (Å²) in [5, 5.41) is 5.37. The van der Waals surface area contributed by atoms with E-state index in [1.54, 1.807) is 18.2 Å². The molecule has 0 aliphatic heterocycles. The molecule has 0 bridgehead atoms. The predicted molar refractivity (Wildman–Crippen MR) is 133 cm³/mol. The Hall–Kier alpha value is -3.85. The van der Waals surface area contributed by atoms with Crippen molar-refractivity contribution in [1.29, 1.82) is 0 Å². The highest BCUT2D eigenvalue weighted by Gasteiger charge is 2.14. The molecule has 0 atom stereocenters. The van der Waals surface area contributed by atoms with Crippen molar-refractivity contribution in [2.45, 2.75) is 0 Å². The number of amides is 1. The normalized spacial score (nSPS) is 10.8. The molecule has 1 aromatic heterocycles. The number of aromatic nitrogens is 1. The molecule has 5 nitrogen and oxygen atoms in total. The maximum Gasteiger partial charge on any atom is 0.272 e. The minimum absolute atomic E-state index is 0.0494. The molecule has 0 unspecified atom stereocenters. The Morgan fingerprint density at radius 1 is 1.06 bits per heavy atom. The van der Waals surface area contributed by atoms with Crippen LogP contribution in [0.5, 0.6) is 5.75 Å². The Morgan fingerprint density at radius 2 is 1.76 bits per heavy atom. The molecular formula is C26H17Cl2N3O2. The summed E-state index contributed by atoms with van der Waals surface area (Å²) in [5.74, 6) is 2.29. The summed E-state index contributed by atoms with van der Waals surface area (Å²) in [7, 11) is 0. The van der Waals surface area contributed by atoms with Crippen molar-refractivity contribution in [3.63, 3.8) is 0 Å². The fraction of sp³-hybridized carbons (Fsp3) is 0.0385. The molecule has 1 N–H and O–H groups in total. The average molecular weight is 474 g/mol. The van der Waals surface area contributed by atoms with Crippen LogP contribution >= 0.6 is 23.2 Å². The molecular weight excluding hydrogens is 457 g/mol. The molecule has 0 aliphatic carbocycles. The molecule has 1 amide bonds. The van der Waals surface area contributed by atoms with Crippen molar-refractivity contribution >= 4 is 46.2 Å². The molecule has 4 rings (SSSR count). The summed E-state index contributed by atoms with van der Waals surface area (Å²) < 4.78 is 5.34. The van der Waals surface area contributed by atoms with Crippen LogP contribution in [0.2, 0.25) is 10.0 Å². The first-order valence-electron chi connectivity index (χ1n) is 9.90. The van der Waals surface area contributed by atoms with Gasteiger partial charge in [0.15, 0.2) is 5.75 Å². The number of hydrazone groups is 1. The minimum atomic E-state index is -0.367. The lowest BCUT2D eigenvalue weighted by Crippen LogP contribution is -2.18. The van der Waals surface area contributed by atoms with Gasteiger partial charge in [0, 0.05) is 10.9 Å². The van der Waals surface area contributed by atoms with E-state index in [0.717, 1.165) is 10.9 Å². The first-order valence-corrected chi connectivity index (χ1v) is 10.7. The van der Waals surface area contributed by atoms with Gasteiger partial charge < -0.3 is 4.74 Å². The number of para-hydroxylation sites is 1. The number of benzene rings is 3. The van der Waals surface area contributed by atoms with Crippen LogP contribution in [-0.4, -0.2) is 23.7 Å². The number of hydrogen-bond donors (Lipinski definition) is 1. The molecule has 0 fully saturated rings. The maximum absolute atomic E-state index is 13.0. The van der Waals surface area contributed by atoms with Crippen LogP contribution in [0.3, 0.4) is 0 Å². The van der Waals surface area contributed by atoms with Gasteiger partial charge in [-0.1, -0.05) is 77.7 Å². The van der Waals surface area contributed by atoms with Crippen LogP contribution in [0, 0.1) is 12.3 Å². The molecule has 33 heavy (non-hydrogen) atoms. The highest BCUT2D eigenvalue weighted by atomic mass is 35.5. The molecule has 0 radical (unpaired) electrons. The average Bonchev–Trinajstić information content (AvgIpc) is 2.83. The van der Waals surface area contributed by atoms with Crippen molar-refractivity contribution in [2.24, 2.45) is 5.10 Å². The van der Waals surface area contributed by atoms with Crippen LogP contribution in [0.25, 0.3) is 22.2 Å². The van der Waals surface area contributed by atoms with Gasteiger partial charge in [-0.25, -0.2) is 10.4 Å². The predicted octanol–water partition coefficient (Wildman–Crippen LogP) is 5.98. The number of pyridine rings is 1. The van der Waals surface area contributed by atoms with E-state index in [2.05, 4.69) is 16.4 Å². The van der Waals surface area contributed by atoms with Crippen molar-refractivity contribution in [3.05, 3.63) is 94.0 Å². The number of halogens is 2. The molecule has 0 saturated carbocycles. The molecule has 0 spiro atoms. The second kappa shape index (κ2) is 10.2. The number of fused-ring (bicyclic) bond motifs is 1. The molecule has 1 heterocycles. The van der Waals surface area contributed by atoms with Crippen molar-refractivity contribution in [1.82, 2.24) is 10.4 Å².